The Morgan fingerprint density at radius 2 is 1.96 bits per heavy atom. The molecule has 0 aliphatic carbocycles. The highest BCUT2D eigenvalue weighted by molar-refractivity contribution is 5.95. The molecule has 5 heteroatoms. The number of hydrogen-bond acceptors (Lipinski definition) is 3. The zero-order valence-electron chi connectivity index (χ0n) is 15.7. The van der Waals surface area contributed by atoms with Gasteiger partial charge in [-0.15, -0.1) is 0 Å². The van der Waals surface area contributed by atoms with Crippen molar-refractivity contribution in [3.8, 4) is 0 Å². The highest BCUT2D eigenvalue weighted by atomic mass is 16.1. The molecule has 2 heterocycles. The third-order valence-electron chi connectivity index (χ3n) is 5.46. The van der Waals surface area contributed by atoms with Gasteiger partial charge in [-0.3, -0.25) is 14.8 Å². The van der Waals surface area contributed by atoms with Crippen molar-refractivity contribution in [3.05, 3.63) is 59.8 Å². The molecule has 2 N–H and O–H groups in total. The molecule has 0 unspecified atom stereocenters. The first-order valence-electron chi connectivity index (χ1n) is 9.77. The molecule has 3 aromatic rings. The Labute approximate surface area is 159 Å². The van der Waals surface area contributed by atoms with Crippen molar-refractivity contribution < 1.29 is 4.79 Å². The molecule has 0 spiro atoms. The fourth-order valence-electron chi connectivity index (χ4n) is 3.85. The SMILES string of the molecule is CCc1[nH]nc2ccc(NC(=O)C3CCN(Cc4ccccc4)CC3)cc12. The summed E-state index contributed by atoms with van der Waals surface area (Å²) in [5, 5.41) is 11.6. The van der Waals surface area contributed by atoms with E-state index in [4.69, 9.17) is 0 Å². The van der Waals surface area contributed by atoms with E-state index in [0.717, 1.165) is 61.2 Å². The summed E-state index contributed by atoms with van der Waals surface area (Å²) in [6, 6.07) is 16.5. The van der Waals surface area contributed by atoms with Crippen LogP contribution in [-0.2, 0) is 17.8 Å². The molecule has 0 radical (unpaired) electrons. The van der Waals surface area contributed by atoms with Gasteiger partial charge in [-0.1, -0.05) is 37.3 Å². The summed E-state index contributed by atoms with van der Waals surface area (Å²) in [6.45, 7) is 5.00. The van der Waals surface area contributed by atoms with E-state index in [2.05, 4.69) is 51.6 Å². The zero-order valence-corrected chi connectivity index (χ0v) is 15.7. The molecule has 4 rings (SSSR count). The maximum Gasteiger partial charge on any atom is 0.227 e. The molecule has 27 heavy (non-hydrogen) atoms. The topological polar surface area (TPSA) is 61.0 Å². The van der Waals surface area contributed by atoms with Crippen LogP contribution in [0, 0.1) is 5.92 Å². The molecular weight excluding hydrogens is 336 g/mol. The lowest BCUT2D eigenvalue weighted by molar-refractivity contribution is -0.121. The molecule has 0 bridgehead atoms. The summed E-state index contributed by atoms with van der Waals surface area (Å²) in [4.78, 5) is 15.1. The molecule has 0 atom stereocenters. The molecule has 1 aliphatic rings. The molecule has 1 aliphatic heterocycles. The summed E-state index contributed by atoms with van der Waals surface area (Å²) in [7, 11) is 0. The Hall–Kier alpha value is -2.66. The average Bonchev–Trinajstić information content (AvgIpc) is 3.11. The van der Waals surface area contributed by atoms with E-state index in [-0.39, 0.29) is 11.8 Å². The number of fused-ring (bicyclic) bond motifs is 1. The number of aryl methyl sites for hydroxylation is 1. The molecule has 0 saturated carbocycles. The number of aromatic nitrogens is 2. The number of H-pyrrole nitrogens is 1. The Bertz CT molecular complexity index is 910. The molecule has 5 nitrogen and oxygen atoms in total. The number of nitrogens with one attached hydrogen (secondary N) is 2. The van der Waals surface area contributed by atoms with Crippen LogP contribution in [0.25, 0.3) is 10.9 Å². The van der Waals surface area contributed by atoms with Crippen LogP contribution in [0.2, 0.25) is 0 Å². The predicted molar refractivity (Wildman–Crippen MR) is 109 cm³/mol. The normalized spacial score (nSPS) is 15.9. The number of amides is 1. The lowest BCUT2D eigenvalue weighted by atomic mass is 9.95. The summed E-state index contributed by atoms with van der Waals surface area (Å²) >= 11 is 0. The fraction of sp³-hybridized carbons (Fsp3) is 0.364. The second-order valence-electron chi connectivity index (χ2n) is 7.31. The number of likely N-dealkylation sites (tertiary alicyclic amines) is 1. The summed E-state index contributed by atoms with van der Waals surface area (Å²) in [6.07, 6.45) is 2.72. The smallest absolute Gasteiger partial charge is 0.227 e. The van der Waals surface area contributed by atoms with Crippen molar-refractivity contribution in [3.63, 3.8) is 0 Å². The van der Waals surface area contributed by atoms with Crippen LogP contribution in [0.1, 0.15) is 31.0 Å². The first kappa shape index (κ1) is 17.7. The van der Waals surface area contributed by atoms with E-state index >= 15 is 0 Å². The van der Waals surface area contributed by atoms with Crippen molar-refractivity contribution in [2.24, 2.45) is 5.92 Å². The van der Waals surface area contributed by atoms with Gasteiger partial charge in [0.15, 0.2) is 0 Å². The molecule has 1 fully saturated rings. The maximum absolute atomic E-state index is 12.7. The number of hydrogen-bond donors (Lipinski definition) is 2. The molecule has 1 amide bonds. The quantitative estimate of drug-likeness (QED) is 0.722. The minimum absolute atomic E-state index is 0.0858. The molecule has 1 saturated heterocycles. The second-order valence-corrected chi connectivity index (χ2v) is 7.31. The van der Waals surface area contributed by atoms with E-state index in [1.54, 1.807) is 0 Å². The number of anilines is 1. The van der Waals surface area contributed by atoms with Gasteiger partial charge in [0.05, 0.1) is 5.52 Å². The third kappa shape index (κ3) is 4.03. The van der Waals surface area contributed by atoms with Crippen molar-refractivity contribution >= 4 is 22.5 Å². The zero-order chi connectivity index (χ0) is 18.6. The van der Waals surface area contributed by atoms with Crippen molar-refractivity contribution in [2.45, 2.75) is 32.7 Å². The van der Waals surface area contributed by atoms with Crippen LogP contribution in [0.5, 0.6) is 0 Å². The number of nitrogens with zero attached hydrogens (tertiary/aromatic N) is 2. The van der Waals surface area contributed by atoms with Gasteiger partial charge in [0.1, 0.15) is 0 Å². The van der Waals surface area contributed by atoms with E-state index in [9.17, 15) is 4.79 Å². The largest absolute Gasteiger partial charge is 0.326 e. The predicted octanol–water partition coefficient (Wildman–Crippen LogP) is 3.98. The van der Waals surface area contributed by atoms with Crippen LogP contribution in [0.3, 0.4) is 0 Å². The Morgan fingerprint density at radius 1 is 1.19 bits per heavy atom. The van der Waals surface area contributed by atoms with Crippen LogP contribution in [0.4, 0.5) is 5.69 Å². The summed E-state index contributed by atoms with van der Waals surface area (Å²) in [5.74, 6) is 0.220. The lowest BCUT2D eigenvalue weighted by Gasteiger charge is -2.31. The first-order valence-corrected chi connectivity index (χ1v) is 9.77. The fourth-order valence-corrected chi connectivity index (χ4v) is 3.85. The van der Waals surface area contributed by atoms with Crippen molar-refractivity contribution in [1.82, 2.24) is 15.1 Å². The van der Waals surface area contributed by atoms with Crippen molar-refractivity contribution in [1.29, 1.82) is 0 Å². The lowest BCUT2D eigenvalue weighted by Crippen LogP contribution is -2.37. The monoisotopic (exact) mass is 362 g/mol. The molecule has 140 valence electrons. The van der Waals surface area contributed by atoms with Gasteiger partial charge in [0, 0.05) is 29.2 Å². The highest BCUT2D eigenvalue weighted by Gasteiger charge is 2.25. The number of carbonyl (C=O) groups excluding carboxylic acids is 1. The molecular formula is C22H26N4O. The minimum Gasteiger partial charge on any atom is -0.326 e. The number of rotatable bonds is 5. The van der Waals surface area contributed by atoms with Gasteiger partial charge in [-0.25, -0.2) is 0 Å². The number of benzene rings is 2. The maximum atomic E-state index is 12.7. The van der Waals surface area contributed by atoms with Gasteiger partial charge < -0.3 is 5.32 Å². The average molecular weight is 362 g/mol. The Kier molecular flexibility index (Phi) is 5.21. The van der Waals surface area contributed by atoms with E-state index in [1.807, 2.05) is 24.3 Å². The van der Waals surface area contributed by atoms with Crippen LogP contribution < -0.4 is 5.32 Å². The molecule has 2 aromatic carbocycles. The minimum atomic E-state index is 0.0858. The number of carbonyl (C=O) groups is 1. The van der Waals surface area contributed by atoms with Gasteiger partial charge in [-0.2, -0.15) is 5.10 Å². The van der Waals surface area contributed by atoms with Gasteiger partial charge in [0.25, 0.3) is 0 Å². The number of piperidine rings is 1. The summed E-state index contributed by atoms with van der Waals surface area (Å²) < 4.78 is 0. The highest BCUT2D eigenvalue weighted by Crippen LogP contribution is 2.24. The second kappa shape index (κ2) is 7.92. The van der Waals surface area contributed by atoms with Crippen LogP contribution in [0.15, 0.2) is 48.5 Å². The number of aromatic amines is 1. The first-order chi connectivity index (χ1) is 13.2. The Balaban J connectivity index is 1.34. The van der Waals surface area contributed by atoms with Gasteiger partial charge >= 0.3 is 0 Å². The Morgan fingerprint density at radius 3 is 2.70 bits per heavy atom. The van der Waals surface area contributed by atoms with E-state index < -0.39 is 0 Å². The van der Waals surface area contributed by atoms with Gasteiger partial charge in [-0.05, 0) is 56.1 Å². The van der Waals surface area contributed by atoms with E-state index in [0.29, 0.717) is 0 Å². The molecule has 1 aromatic heterocycles. The van der Waals surface area contributed by atoms with E-state index in [1.165, 1.54) is 5.56 Å². The van der Waals surface area contributed by atoms with Crippen molar-refractivity contribution in [2.75, 3.05) is 18.4 Å². The summed E-state index contributed by atoms with van der Waals surface area (Å²) in [5.41, 5.74) is 4.24. The van der Waals surface area contributed by atoms with Gasteiger partial charge in [0.2, 0.25) is 5.91 Å². The third-order valence-corrected chi connectivity index (χ3v) is 5.46. The van der Waals surface area contributed by atoms with Crippen LogP contribution >= 0.6 is 0 Å². The van der Waals surface area contributed by atoms with Crippen LogP contribution in [-0.4, -0.2) is 34.1 Å². The standard InChI is InChI=1S/C22H26N4O/c1-2-20-19-14-18(8-9-21(19)25-24-20)23-22(27)17-10-12-26(13-11-17)15-16-6-4-3-5-7-16/h3-9,14,17H,2,10-13,15H2,1H3,(H,23,27)(H,24,25).